The van der Waals surface area contributed by atoms with Gasteiger partial charge in [-0.05, 0) is 26.2 Å². The van der Waals surface area contributed by atoms with E-state index in [1.165, 1.54) is 0 Å². The lowest BCUT2D eigenvalue weighted by molar-refractivity contribution is 0.186. The Morgan fingerprint density at radius 2 is 2.31 bits per heavy atom. The number of aliphatic hydroxyl groups excluding tert-OH is 1. The predicted molar refractivity (Wildman–Crippen MR) is 51.5 cm³/mol. The summed E-state index contributed by atoms with van der Waals surface area (Å²) in [6, 6.07) is 3.82. The van der Waals surface area contributed by atoms with Crippen LogP contribution in [-0.4, -0.2) is 37.3 Å². The van der Waals surface area contributed by atoms with Crippen LogP contribution in [0.15, 0.2) is 22.8 Å². The second-order valence-corrected chi connectivity index (χ2v) is 3.59. The van der Waals surface area contributed by atoms with Crippen molar-refractivity contribution in [2.45, 2.75) is 6.42 Å². The van der Waals surface area contributed by atoms with E-state index in [1.807, 2.05) is 26.2 Å². The smallest absolute Gasteiger partial charge is 0.104 e. The molecule has 0 aliphatic rings. The SMILES string of the molecule is CN(C)CC(CO)Cc1ccco1. The summed E-state index contributed by atoms with van der Waals surface area (Å²) in [5.74, 6) is 1.21. The van der Waals surface area contributed by atoms with E-state index < -0.39 is 0 Å². The number of hydrogen-bond acceptors (Lipinski definition) is 3. The first-order valence-electron chi connectivity index (χ1n) is 4.50. The Labute approximate surface area is 79.0 Å². The third-order valence-corrected chi connectivity index (χ3v) is 1.95. The molecule has 0 amide bonds. The zero-order chi connectivity index (χ0) is 9.68. The van der Waals surface area contributed by atoms with Crippen LogP contribution in [0.4, 0.5) is 0 Å². The maximum Gasteiger partial charge on any atom is 0.104 e. The molecule has 1 heterocycles. The highest BCUT2D eigenvalue weighted by molar-refractivity contribution is 4.99. The van der Waals surface area contributed by atoms with E-state index in [1.54, 1.807) is 6.26 Å². The van der Waals surface area contributed by atoms with Gasteiger partial charge in [0.25, 0.3) is 0 Å². The average molecular weight is 183 g/mol. The van der Waals surface area contributed by atoms with Gasteiger partial charge in [0.2, 0.25) is 0 Å². The summed E-state index contributed by atoms with van der Waals surface area (Å²) < 4.78 is 5.22. The van der Waals surface area contributed by atoms with Gasteiger partial charge in [-0.15, -0.1) is 0 Å². The van der Waals surface area contributed by atoms with Gasteiger partial charge in [-0.25, -0.2) is 0 Å². The molecule has 1 atom stereocenters. The molecule has 0 fully saturated rings. The molecule has 3 heteroatoms. The third kappa shape index (κ3) is 3.61. The van der Waals surface area contributed by atoms with Gasteiger partial charge < -0.3 is 14.4 Å². The van der Waals surface area contributed by atoms with Crippen molar-refractivity contribution in [3.63, 3.8) is 0 Å². The molecule has 0 saturated heterocycles. The highest BCUT2D eigenvalue weighted by Crippen LogP contribution is 2.09. The quantitative estimate of drug-likeness (QED) is 0.739. The van der Waals surface area contributed by atoms with Gasteiger partial charge in [0, 0.05) is 25.5 Å². The van der Waals surface area contributed by atoms with Crippen LogP contribution in [0, 0.1) is 5.92 Å². The Morgan fingerprint density at radius 1 is 1.54 bits per heavy atom. The predicted octanol–water partition coefficient (Wildman–Crippen LogP) is 0.992. The molecule has 0 radical (unpaired) electrons. The number of aliphatic hydroxyl groups is 1. The van der Waals surface area contributed by atoms with Crippen molar-refractivity contribution in [2.24, 2.45) is 5.92 Å². The van der Waals surface area contributed by atoms with Gasteiger partial charge in [-0.1, -0.05) is 0 Å². The normalized spacial score (nSPS) is 13.5. The minimum atomic E-state index is 0.207. The molecule has 1 N–H and O–H groups in total. The fraction of sp³-hybridized carbons (Fsp3) is 0.600. The summed E-state index contributed by atoms with van der Waals surface area (Å²) in [6.45, 7) is 1.09. The second kappa shape index (κ2) is 5.04. The molecule has 13 heavy (non-hydrogen) atoms. The lowest BCUT2D eigenvalue weighted by atomic mass is 10.0. The first kappa shape index (κ1) is 10.3. The maximum atomic E-state index is 9.11. The minimum Gasteiger partial charge on any atom is -0.469 e. The van der Waals surface area contributed by atoms with Crippen LogP contribution in [0.25, 0.3) is 0 Å². The van der Waals surface area contributed by atoms with E-state index in [0.717, 1.165) is 18.7 Å². The van der Waals surface area contributed by atoms with Crippen LogP contribution in [0.2, 0.25) is 0 Å². The van der Waals surface area contributed by atoms with Gasteiger partial charge in [0.05, 0.1) is 6.26 Å². The lowest BCUT2D eigenvalue weighted by Crippen LogP contribution is -2.25. The summed E-state index contributed by atoms with van der Waals surface area (Å²) in [5.41, 5.74) is 0. The third-order valence-electron chi connectivity index (χ3n) is 1.95. The van der Waals surface area contributed by atoms with Crippen molar-refractivity contribution in [2.75, 3.05) is 27.2 Å². The number of nitrogens with zero attached hydrogens (tertiary/aromatic N) is 1. The Kier molecular flexibility index (Phi) is 3.99. The fourth-order valence-electron chi connectivity index (χ4n) is 1.42. The summed E-state index contributed by atoms with van der Waals surface area (Å²) in [6.07, 6.45) is 2.47. The molecular formula is C10H17NO2. The first-order chi connectivity index (χ1) is 6.22. The van der Waals surface area contributed by atoms with Gasteiger partial charge in [-0.3, -0.25) is 0 Å². The van der Waals surface area contributed by atoms with E-state index in [0.29, 0.717) is 0 Å². The topological polar surface area (TPSA) is 36.6 Å². The number of hydrogen-bond donors (Lipinski definition) is 1. The molecule has 0 saturated carbocycles. The van der Waals surface area contributed by atoms with E-state index in [9.17, 15) is 0 Å². The van der Waals surface area contributed by atoms with Crippen molar-refractivity contribution >= 4 is 0 Å². The van der Waals surface area contributed by atoms with E-state index in [-0.39, 0.29) is 12.5 Å². The molecule has 0 spiro atoms. The summed E-state index contributed by atoms with van der Waals surface area (Å²) in [4.78, 5) is 2.07. The molecule has 74 valence electrons. The standard InChI is InChI=1S/C10H17NO2/c1-11(2)7-9(8-12)6-10-4-3-5-13-10/h3-5,9,12H,6-8H2,1-2H3. The van der Waals surface area contributed by atoms with Crippen LogP contribution in [-0.2, 0) is 6.42 Å². The fourth-order valence-corrected chi connectivity index (χ4v) is 1.42. The Hall–Kier alpha value is -0.800. The van der Waals surface area contributed by atoms with Gasteiger partial charge in [-0.2, -0.15) is 0 Å². The Balaban J connectivity index is 2.40. The number of rotatable bonds is 5. The van der Waals surface area contributed by atoms with Crippen LogP contribution < -0.4 is 0 Å². The molecule has 0 bridgehead atoms. The van der Waals surface area contributed by atoms with Crippen LogP contribution >= 0.6 is 0 Å². The van der Waals surface area contributed by atoms with Crippen molar-refractivity contribution in [3.05, 3.63) is 24.2 Å². The molecule has 0 aliphatic carbocycles. The molecule has 0 aromatic carbocycles. The highest BCUT2D eigenvalue weighted by atomic mass is 16.3. The molecule has 1 unspecified atom stereocenters. The monoisotopic (exact) mass is 183 g/mol. The second-order valence-electron chi connectivity index (χ2n) is 3.59. The van der Waals surface area contributed by atoms with E-state index in [4.69, 9.17) is 9.52 Å². The van der Waals surface area contributed by atoms with Gasteiger partial charge in [0.15, 0.2) is 0 Å². The largest absolute Gasteiger partial charge is 0.469 e. The zero-order valence-electron chi connectivity index (χ0n) is 8.23. The molecular weight excluding hydrogens is 166 g/mol. The van der Waals surface area contributed by atoms with Crippen LogP contribution in [0.1, 0.15) is 5.76 Å². The Morgan fingerprint density at radius 3 is 2.77 bits per heavy atom. The zero-order valence-corrected chi connectivity index (χ0v) is 8.23. The first-order valence-corrected chi connectivity index (χ1v) is 4.50. The molecule has 0 aliphatic heterocycles. The number of furan rings is 1. The van der Waals surface area contributed by atoms with Gasteiger partial charge >= 0.3 is 0 Å². The van der Waals surface area contributed by atoms with Crippen LogP contribution in [0.3, 0.4) is 0 Å². The summed E-state index contributed by atoms with van der Waals surface area (Å²) in [5, 5.41) is 9.11. The lowest BCUT2D eigenvalue weighted by Gasteiger charge is -2.17. The Bertz CT molecular complexity index is 219. The molecule has 1 rings (SSSR count). The van der Waals surface area contributed by atoms with Crippen LogP contribution in [0.5, 0.6) is 0 Å². The average Bonchev–Trinajstić information content (AvgIpc) is 2.55. The van der Waals surface area contributed by atoms with Crippen molar-refractivity contribution in [3.8, 4) is 0 Å². The van der Waals surface area contributed by atoms with E-state index >= 15 is 0 Å². The molecule has 1 aromatic heterocycles. The van der Waals surface area contributed by atoms with Crippen molar-refractivity contribution < 1.29 is 9.52 Å². The molecule has 3 nitrogen and oxygen atoms in total. The van der Waals surface area contributed by atoms with E-state index in [2.05, 4.69) is 4.90 Å². The maximum absolute atomic E-state index is 9.11. The summed E-state index contributed by atoms with van der Waals surface area (Å²) in [7, 11) is 4.01. The summed E-state index contributed by atoms with van der Waals surface area (Å²) >= 11 is 0. The minimum absolute atomic E-state index is 0.207. The van der Waals surface area contributed by atoms with Crippen molar-refractivity contribution in [1.82, 2.24) is 4.90 Å². The molecule has 1 aromatic rings. The van der Waals surface area contributed by atoms with Crippen molar-refractivity contribution in [1.29, 1.82) is 0 Å². The van der Waals surface area contributed by atoms with Gasteiger partial charge in [0.1, 0.15) is 5.76 Å². The highest BCUT2D eigenvalue weighted by Gasteiger charge is 2.10.